The Balaban J connectivity index is 3.64. The van der Waals surface area contributed by atoms with Gasteiger partial charge >= 0.3 is 0 Å². The van der Waals surface area contributed by atoms with Crippen molar-refractivity contribution >= 4 is 17.5 Å². The smallest absolute Gasteiger partial charge is 0.246 e. The summed E-state index contributed by atoms with van der Waals surface area (Å²) in [5, 5.41) is 2.82. The molecule has 1 amide bonds. The molecule has 0 spiro atoms. The number of hydrogen-bond acceptors (Lipinski definition) is 2. The van der Waals surface area contributed by atoms with Gasteiger partial charge in [0.25, 0.3) is 0 Å². The molecule has 0 fully saturated rings. The van der Waals surface area contributed by atoms with Gasteiger partial charge in [-0.1, -0.05) is 6.92 Å². The molecule has 0 aliphatic heterocycles. The summed E-state index contributed by atoms with van der Waals surface area (Å²) in [6.07, 6.45) is 0. The summed E-state index contributed by atoms with van der Waals surface area (Å²) < 4.78 is 4.96. The Kier molecular flexibility index (Phi) is 7.00. The molecule has 0 bridgehead atoms. The highest BCUT2D eigenvalue weighted by atomic mass is 35.5. The predicted octanol–water partition coefficient (Wildman–Crippen LogP) is 1.40. The van der Waals surface area contributed by atoms with Crippen LogP contribution in [0.3, 0.4) is 0 Å². The fourth-order valence-electron chi connectivity index (χ4n) is 0.766. The molecule has 78 valence electrons. The van der Waals surface area contributed by atoms with Gasteiger partial charge in [0.1, 0.15) is 6.61 Å². The SMILES string of the molecule is CCOCC(=O)NC(C)C(C)CCl. The maximum atomic E-state index is 11.2. The Morgan fingerprint density at radius 3 is 2.62 bits per heavy atom. The first-order valence-electron chi connectivity index (χ1n) is 4.54. The average Bonchev–Trinajstić information content (AvgIpc) is 2.13. The number of nitrogens with one attached hydrogen (secondary N) is 1. The van der Waals surface area contributed by atoms with Crippen LogP contribution < -0.4 is 5.32 Å². The minimum absolute atomic E-state index is 0.0775. The van der Waals surface area contributed by atoms with E-state index >= 15 is 0 Å². The average molecular weight is 208 g/mol. The van der Waals surface area contributed by atoms with E-state index in [4.69, 9.17) is 16.3 Å². The second-order valence-electron chi connectivity index (χ2n) is 3.12. The lowest BCUT2D eigenvalue weighted by molar-refractivity contribution is -0.126. The molecule has 0 rings (SSSR count). The zero-order valence-electron chi connectivity index (χ0n) is 8.47. The van der Waals surface area contributed by atoms with Crippen LogP contribution in [0.25, 0.3) is 0 Å². The zero-order valence-corrected chi connectivity index (χ0v) is 9.23. The van der Waals surface area contributed by atoms with E-state index in [0.717, 1.165) is 0 Å². The van der Waals surface area contributed by atoms with E-state index in [2.05, 4.69) is 5.32 Å². The Labute approximate surface area is 84.8 Å². The monoisotopic (exact) mass is 207 g/mol. The van der Waals surface area contributed by atoms with E-state index in [1.807, 2.05) is 20.8 Å². The standard InChI is InChI=1S/C9H18ClNO2/c1-4-13-6-9(12)11-8(3)7(2)5-10/h7-8H,4-6H2,1-3H3,(H,11,12). The number of amides is 1. The summed E-state index contributed by atoms with van der Waals surface area (Å²) >= 11 is 5.65. The number of halogens is 1. The van der Waals surface area contributed by atoms with Crippen LogP contribution in [0.15, 0.2) is 0 Å². The Bertz CT molecular complexity index is 153. The van der Waals surface area contributed by atoms with Crippen molar-refractivity contribution in [2.24, 2.45) is 5.92 Å². The molecular weight excluding hydrogens is 190 g/mol. The first kappa shape index (κ1) is 12.7. The molecule has 0 radical (unpaired) electrons. The molecule has 0 saturated heterocycles. The minimum Gasteiger partial charge on any atom is -0.372 e. The molecule has 13 heavy (non-hydrogen) atoms. The van der Waals surface area contributed by atoms with Crippen LogP contribution in [0.2, 0.25) is 0 Å². The van der Waals surface area contributed by atoms with Crippen LogP contribution in [0.1, 0.15) is 20.8 Å². The van der Waals surface area contributed by atoms with E-state index in [-0.39, 0.29) is 24.5 Å². The third-order valence-electron chi connectivity index (χ3n) is 1.92. The number of rotatable bonds is 6. The van der Waals surface area contributed by atoms with Gasteiger partial charge in [0.05, 0.1) is 0 Å². The first-order valence-corrected chi connectivity index (χ1v) is 5.08. The lowest BCUT2D eigenvalue weighted by Gasteiger charge is -2.18. The molecule has 0 aliphatic rings. The van der Waals surface area contributed by atoms with Gasteiger partial charge in [-0.15, -0.1) is 11.6 Å². The summed E-state index contributed by atoms with van der Waals surface area (Å²) in [6, 6.07) is 0.102. The Morgan fingerprint density at radius 2 is 2.15 bits per heavy atom. The second-order valence-corrected chi connectivity index (χ2v) is 3.43. The number of hydrogen-bond donors (Lipinski definition) is 1. The normalized spacial score (nSPS) is 15.1. The van der Waals surface area contributed by atoms with Crippen molar-refractivity contribution in [2.45, 2.75) is 26.8 Å². The molecular formula is C9H18ClNO2. The molecule has 1 N–H and O–H groups in total. The van der Waals surface area contributed by atoms with Gasteiger partial charge in [-0.2, -0.15) is 0 Å². The van der Waals surface area contributed by atoms with Crippen LogP contribution in [-0.2, 0) is 9.53 Å². The maximum absolute atomic E-state index is 11.2. The topological polar surface area (TPSA) is 38.3 Å². The van der Waals surface area contributed by atoms with Crippen LogP contribution in [0.5, 0.6) is 0 Å². The molecule has 2 atom stereocenters. The van der Waals surface area contributed by atoms with E-state index < -0.39 is 0 Å². The van der Waals surface area contributed by atoms with Gasteiger partial charge in [-0.25, -0.2) is 0 Å². The summed E-state index contributed by atoms with van der Waals surface area (Å²) in [4.78, 5) is 11.2. The number of ether oxygens (including phenoxy) is 1. The van der Waals surface area contributed by atoms with E-state index in [1.54, 1.807) is 0 Å². The second kappa shape index (κ2) is 7.15. The van der Waals surface area contributed by atoms with Crippen LogP contribution in [-0.4, -0.2) is 31.0 Å². The van der Waals surface area contributed by atoms with Crippen molar-refractivity contribution in [3.63, 3.8) is 0 Å². The molecule has 4 heteroatoms. The molecule has 0 saturated carbocycles. The van der Waals surface area contributed by atoms with Gasteiger partial charge in [0, 0.05) is 18.5 Å². The van der Waals surface area contributed by atoms with Crippen molar-refractivity contribution in [1.29, 1.82) is 0 Å². The highest BCUT2D eigenvalue weighted by Gasteiger charge is 2.13. The van der Waals surface area contributed by atoms with Gasteiger partial charge in [-0.3, -0.25) is 4.79 Å². The van der Waals surface area contributed by atoms with Crippen molar-refractivity contribution in [3.8, 4) is 0 Å². The zero-order chi connectivity index (χ0) is 10.3. The first-order chi connectivity index (χ1) is 6.11. The lowest BCUT2D eigenvalue weighted by atomic mass is 10.1. The van der Waals surface area contributed by atoms with E-state index in [9.17, 15) is 4.79 Å². The molecule has 0 heterocycles. The molecule has 2 unspecified atom stereocenters. The van der Waals surface area contributed by atoms with Crippen LogP contribution in [0, 0.1) is 5.92 Å². The summed E-state index contributed by atoms with van der Waals surface area (Å²) in [7, 11) is 0. The van der Waals surface area contributed by atoms with Crippen LogP contribution in [0.4, 0.5) is 0 Å². The van der Waals surface area contributed by atoms with Crippen molar-refractivity contribution in [1.82, 2.24) is 5.32 Å². The predicted molar refractivity (Wildman–Crippen MR) is 54.0 cm³/mol. The highest BCUT2D eigenvalue weighted by molar-refractivity contribution is 6.18. The Morgan fingerprint density at radius 1 is 1.54 bits per heavy atom. The fraction of sp³-hybridized carbons (Fsp3) is 0.889. The third kappa shape index (κ3) is 5.88. The van der Waals surface area contributed by atoms with E-state index in [1.165, 1.54) is 0 Å². The van der Waals surface area contributed by atoms with E-state index in [0.29, 0.717) is 12.5 Å². The molecule has 0 aliphatic carbocycles. The quantitative estimate of drug-likeness (QED) is 0.669. The van der Waals surface area contributed by atoms with Crippen molar-refractivity contribution < 1.29 is 9.53 Å². The Hall–Kier alpha value is -0.280. The maximum Gasteiger partial charge on any atom is 0.246 e. The number of carbonyl (C=O) groups excluding carboxylic acids is 1. The van der Waals surface area contributed by atoms with Crippen molar-refractivity contribution in [3.05, 3.63) is 0 Å². The largest absolute Gasteiger partial charge is 0.372 e. The molecule has 3 nitrogen and oxygen atoms in total. The fourth-order valence-corrected chi connectivity index (χ4v) is 1.03. The van der Waals surface area contributed by atoms with Gasteiger partial charge < -0.3 is 10.1 Å². The number of carbonyl (C=O) groups is 1. The third-order valence-corrected chi connectivity index (χ3v) is 2.41. The summed E-state index contributed by atoms with van der Waals surface area (Å²) in [5.74, 6) is 0.759. The molecule has 0 aromatic rings. The number of alkyl halides is 1. The van der Waals surface area contributed by atoms with Gasteiger partial charge in [-0.05, 0) is 19.8 Å². The van der Waals surface area contributed by atoms with Crippen molar-refractivity contribution in [2.75, 3.05) is 19.1 Å². The lowest BCUT2D eigenvalue weighted by Crippen LogP contribution is -2.39. The van der Waals surface area contributed by atoms with Gasteiger partial charge in [0.15, 0.2) is 0 Å². The van der Waals surface area contributed by atoms with Gasteiger partial charge in [0.2, 0.25) is 5.91 Å². The molecule has 0 aromatic carbocycles. The molecule has 0 aromatic heterocycles. The highest BCUT2D eigenvalue weighted by Crippen LogP contribution is 2.03. The van der Waals surface area contributed by atoms with Crippen LogP contribution >= 0.6 is 11.6 Å². The summed E-state index contributed by atoms with van der Waals surface area (Å²) in [6.45, 7) is 6.50. The minimum atomic E-state index is -0.0775. The summed E-state index contributed by atoms with van der Waals surface area (Å²) in [5.41, 5.74) is 0.